The average molecular weight is 463 g/mol. The van der Waals surface area contributed by atoms with Crippen LogP contribution in [0.5, 0.6) is 0 Å². The quantitative estimate of drug-likeness (QED) is 0.461. The molecule has 1 saturated heterocycles. The summed E-state index contributed by atoms with van der Waals surface area (Å²) in [4.78, 5) is 44.2. The molecule has 10 nitrogen and oxygen atoms in total. The number of piperidine rings is 1. The molecule has 3 heterocycles. The summed E-state index contributed by atoms with van der Waals surface area (Å²) in [5.41, 5.74) is 3.88. The second kappa shape index (κ2) is 9.90. The molecular weight excluding hydrogens is 432 g/mol. The summed E-state index contributed by atoms with van der Waals surface area (Å²) >= 11 is 0. The molecule has 1 unspecified atom stereocenters. The van der Waals surface area contributed by atoms with E-state index in [1.165, 1.54) is 6.08 Å². The number of rotatable bonds is 7. The number of aromatic amines is 1. The second-order valence-corrected chi connectivity index (χ2v) is 8.40. The van der Waals surface area contributed by atoms with Crippen LogP contribution in [-0.2, 0) is 9.59 Å². The number of hydrogen-bond acceptors (Lipinski definition) is 7. The number of fused-ring (bicyclic) bond motifs is 1. The van der Waals surface area contributed by atoms with Crippen molar-refractivity contribution in [3.63, 3.8) is 0 Å². The highest BCUT2D eigenvalue weighted by atomic mass is 16.2. The Morgan fingerprint density at radius 2 is 2.18 bits per heavy atom. The number of H-pyrrole nitrogens is 1. The van der Waals surface area contributed by atoms with E-state index in [1.54, 1.807) is 23.2 Å². The van der Waals surface area contributed by atoms with Crippen LogP contribution >= 0.6 is 0 Å². The van der Waals surface area contributed by atoms with Crippen LogP contribution in [0.4, 0.5) is 23.1 Å². The van der Waals surface area contributed by atoms with Gasteiger partial charge in [-0.25, -0.2) is 4.98 Å². The Labute approximate surface area is 198 Å². The van der Waals surface area contributed by atoms with Crippen LogP contribution in [0.1, 0.15) is 31.7 Å². The Kier molecular flexibility index (Phi) is 6.76. The monoisotopic (exact) mass is 462 g/mol. The lowest BCUT2D eigenvalue weighted by Crippen LogP contribution is -2.44. The van der Waals surface area contributed by atoms with Crippen molar-refractivity contribution in [1.82, 2.24) is 24.8 Å². The molecule has 1 aromatic carbocycles. The Morgan fingerprint density at radius 1 is 1.35 bits per heavy atom. The average Bonchev–Trinajstić information content (AvgIpc) is 3.33. The van der Waals surface area contributed by atoms with Crippen molar-refractivity contribution < 1.29 is 9.59 Å². The van der Waals surface area contributed by atoms with Gasteiger partial charge in [0.25, 0.3) is 0 Å². The number of likely N-dealkylation sites (tertiary alicyclic amines) is 1. The van der Waals surface area contributed by atoms with Gasteiger partial charge >= 0.3 is 0 Å². The summed E-state index contributed by atoms with van der Waals surface area (Å²) < 4.78 is 0. The number of hydrogen-bond donors (Lipinski definition) is 3. The highest BCUT2D eigenvalue weighted by Gasteiger charge is 2.24. The molecule has 3 aromatic rings. The van der Waals surface area contributed by atoms with Crippen molar-refractivity contribution >= 4 is 46.1 Å². The lowest BCUT2D eigenvalue weighted by Gasteiger charge is -2.32. The zero-order valence-corrected chi connectivity index (χ0v) is 19.8. The Hall–Kier alpha value is -3.95. The van der Waals surface area contributed by atoms with Gasteiger partial charge in [-0.2, -0.15) is 9.97 Å². The molecule has 0 aliphatic carbocycles. The van der Waals surface area contributed by atoms with Crippen LogP contribution in [0.15, 0.2) is 37.2 Å². The number of nitrogens with one attached hydrogen (secondary N) is 3. The summed E-state index contributed by atoms with van der Waals surface area (Å²) in [6.07, 6.45) is 5.21. The molecule has 1 atom stereocenters. The van der Waals surface area contributed by atoms with Crippen LogP contribution in [0.25, 0.3) is 11.2 Å². The number of aryl methyl sites for hydroxylation is 1. The van der Waals surface area contributed by atoms with Crippen molar-refractivity contribution in [3.05, 3.63) is 42.7 Å². The fraction of sp³-hybridized carbons (Fsp3) is 0.375. The van der Waals surface area contributed by atoms with Gasteiger partial charge in [-0.05, 0) is 49.6 Å². The maximum absolute atomic E-state index is 12.1. The minimum Gasteiger partial charge on any atom is -0.364 e. The molecule has 2 amide bonds. The Morgan fingerprint density at radius 3 is 2.91 bits per heavy atom. The third-order valence-corrected chi connectivity index (χ3v) is 6.05. The van der Waals surface area contributed by atoms with Gasteiger partial charge in [0.1, 0.15) is 5.52 Å². The molecule has 34 heavy (non-hydrogen) atoms. The van der Waals surface area contributed by atoms with E-state index >= 15 is 0 Å². The van der Waals surface area contributed by atoms with E-state index in [0.717, 1.165) is 36.3 Å². The molecule has 1 fully saturated rings. The van der Waals surface area contributed by atoms with Gasteiger partial charge in [-0.3, -0.25) is 9.59 Å². The Balaban J connectivity index is 1.56. The molecule has 1 aliphatic heterocycles. The predicted molar refractivity (Wildman–Crippen MR) is 133 cm³/mol. The fourth-order valence-electron chi connectivity index (χ4n) is 4.11. The zero-order valence-electron chi connectivity index (χ0n) is 19.8. The smallest absolute Gasteiger partial charge is 0.246 e. The van der Waals surface area contributed by atoms with Gasteiger partial charge in [0.05, 0.1) is 6.33 Å². The molecule has 0 radical (unpaired) electrons. The Bertz CT molecular complexity index is 1220. The maximum Gasteiger partial charge on any atom is 0.246 e. The van der Waals surface area contributed by atoms with Crippen molar-refractivity contribution in [1.29, 1.82) is 0 Å². The van der Waals surface area contributed by atoms with Crippen molar-refractivity contribution in [2.45, 2.75) is 39.2 Å². The summed E-state index contributed by atoms with van der Waals surface area (Å²) in [6, 6.07) is 5.81. The van der Waals surface area contributed by atoms with E-state index in [9.17, 15) is 9.59 Å². The van der Waals surface area contributed by atoms with Crippen LogP contribution in [0, 0.1) is 6.92 Å². The van der Waals surface area contributed by atoms with Crippen LogP contribution in [0.3, 0.4) is 0 Å². The lowest BCUT2D eigenvalue weighted by atomic mass is 10.1. The second-order valence-electron chi connectivity index (χ2n) is 8.40. The molecule has 0 spiro atoms. The van der Waals surface area contributed by atoms with E-state index < -0.39 is 0 Å². The first kappa shape index (κ1) is 23.2. The highest BCUT2D eigenvalue weighted by Crippen LogP contribution is 2.27. The largest absolute Gasteiger partial charge is 0.364 e. The molecule has 0 saturated carbocycles. The van der Waals surface area contributed by atoms with Crippen LogP contribution in [0.2, 0.25) is 0 Å². The summed E-state index contributed by atoms with van der Waals surface area (Å²) in [5, 5.41) is 6.75. The molecule has 10 heteroatoms. The van der Waals surface area contributed by atoms with Crippen molar-refractivity contribution in [2.75, 3.05) is 35.7 Å². The van der Waals surface area contributed by atoms with Crippen LogP contribution in [-0.4, -0.2) is 62.8 Å². The maximum atomic E-state index is 12.1. The first-order valence-electron chi connectivity index (χ1n) is 11.4. The number of aromatic nitrogens is 4. The lowest BCUT2D eigenvalue weighted by molar-refractivity contribution is -0.127. The topological polar surface area (TPSA) is 119 Å². The van der Waals surface area contributed by atoms with Gasteiger partial charge < -0.3 is 25.4 Å². The van der Waals surface area contributed by atoms with E-state index in [1.807, 2.05) is 32.0 Å². The zero-order chi connectivity index (χ0) is 24.2. The molecule has 1 aliphatic rings. The summed E-state index contributed by atoms with van der Waals surface area (Å²) in [5.74, 6) is 1.03. The molecule has 178 valence electrons. The van der Waals surface area contributed by atoms with Gasteiger partial charge in [-0.1, -0.05) is 13.5 Å². The number of benzene rings is 1. The molecule has 4 rings (SSSR count). The predicted octanol–water partition coefficient (Wildman–Crippen LogP) is 3.37. The minimum absolute atomic E-state index is 0.0548. The fourth-order valence-corrected chi connectivity index (χ4v) is 4.11. The van der Waals surface area contributed by atoms with Gasteiger partial charge in [0.2, 0.25) is 17.8 Å². The first-order valence-corrected chi connectivity index (χ1v) is 11.4. The number of amides is 2. The molecule has 3 N–H and O–H groups in total. The minimum atomic E-state index is -0.0616. The van der Waals surface area contributed by atoms with Gasteiger partial charge in [-0.15, -0.1) is 0 Å². The summed E-state index contributed by atoms with van der Waals surface area (Å²) in [7, 11) is 1.77. The highest BCUT2D eigenvalue weighted by molar-refractivity contribution is 5.93. The van der Waals surface area contributed by atoms with E-state index in [2.05, 4.69) is 32.2 Å². The third-order valence-electron chi connectivity index (χ3n) is 6.05. The number of imidazole rings is 1. The first-order chi connectivity index (χ1) is 16.4. The number of carbonyl (C=O) groups is 2. The number of nitrogens with zero attached hydrogens (tertiary/aromatic N) is 5. The SMILES string of the molecule is C=CC(=O)N1CCCC(Nc2nc(Nc3ccc(N(C)C(=O)CC)cc3C)nc3nc[nH]c23)C1. The standard InChI is InChI=1S/C24H30N8O2/c1-5-19(33)31(4)17-9-10-18(15(3)12-17)28-24-29-22-21(25-14-26-22)23(30-24)27-16-8-7-11-32(13-16)20(34)6-2/h6,9-10,12,14,16H,2,5,7-8,11,13H2,1,3-4H3,(H3,25,26,27,28,29,30). The van der Waals surface area contributed by atoms with Gasteiger partial charge in [0.15, 0.2) is 11.5 Å². The normalized spacial score (nSPS) is 15.7. The van der Waals surface area contributed by atoms with Crippen molar-refractivity contribution in [2.24, 2.45) is 0 Å². The number of carbonyl (C=O) groups excluding carboxylic acids is 2. The van der Waals surface area contributed by atoms with E-state index in [-0.39, 0.29) is 17.9 Å². The molecule has 0 bridgehead atoms. The van der Waals surface area contributed by atoms with Crippen LogP contribution < -0.4 is 15.5 Å². The number of anilines is 4. The molecular formula is C24H30N8O2. The van der Waals surface area contributed by atoms with E-state index in [4.69, 9.17) is 4.98 Å². The third kappa shape index (κ3) is 4.85. The van der Waals surface area contributed by atoms with Crippen molar-refractivity contribution in [3.8, 4) is 0 Å². The summed E-state index contributed by atoms with van der Waals surface area (Å²) in [6.45, 7) is 8.72. The van der Waals surface area contributed by atoms with E-state index in [0.29, 0.717) is 35.9 Å². The molecule has 2 aromatic heterocycles. The van der Waals surface area contributed by atoms with Gasteiger partial charge in [0, 0.05) is 44.0 Å².